The van der Waals surface area contributed by atoms with Gasteiger partial charge in [0.25, 0.3) is 0 Å². The molecule has 2 aromatic carbocycles. The van der Waals surface area contributed by atoms with E-state index in [1.165, 1.54) is 0 Å². The van der Waals surface area contributed by atoms with E-state index >= 15 is 0 Å². The van der Waals surface area contributed by atoms with Gasteiger partial charge in [0.2, 0.25) is 0 Å². The van der Waals surface area contributed by atoms with Crippen molar-refractivity contribution in [1.29, 1.82) is 0 Å². The third kappa shape index (κ3) is 4.89. The second-order valence-corrected chi connectivity index (χ2v) is 4.69. The number of ether oxygens (including phenoxy) is 1. The summed E-state index contributed by atoms with van der Waals surface area (Å²) in [6, 6.07) is 17.7. The highest BCUT2D eigenvalue weighted by atomic mass is 32.1. The molecule has 5 heteroatoms. The molecule has 0 saturated carbocycles. The number of hydrogen-bond acceptors (Lipinski definition) is 3. The number of nitrogens with one attached hydrogen (secondary N) is 2. The van der Waals surface area contributed by atoms with Gasteiger partial charge in [-0.05, 0) is 29.9 Å². The van der Waals surface area contributed by atoms with Crippen molar-refractivity contribution in [2.24, 2.45) is 5.10 Å². The summed E-state index contributed by atoms with van der Waals surface area (Å²) < 4.78 is 5.24. The number of methoxy groups -OCH3 is 1. The van der Waals surface area contributed by atoms with Gasteiger partial charge in [0, 0.05) is 12.1 Å². The molecule has 4 nitrogen and oxygen atoms in total. The summed E-state index contributed by atoms with van der Waals surface area (Å²) >= 11 is 5.16. The lowest BCUT2D eigenvalue weighted by atomic mass is 10.2. The average Bonchev–Trinajstić information content (AvgIpc) is 2.54. The third-order valence-electron chi connectivity index (χ3n) is 2.80. The second kappa shape index (κ2) is 8.01. The summed E-state index contributed by atoms with van der Waals surface area (Å²) in [6.07, 6.45) is 1.68. The standard InChI is InChI=1S/C16H17N3OS/c1-20-15-10-6-5-9-14(15)12-18-19-16(21)17-11-13-7-3-2-4-8-13/h2-10,12H,11H2,1H3,(H2,17,19,21)/b18-12-. The Labute approximate surface area is 129 Å². The van der Waals surface area contributed by atoms with Crippen LogP contribution in [0.5, 0.6) is 5.75 Å². The molecule has 0 aliphatic carbocycles. The van der Waals surface area contributed by atoms with E-state index in [-0.39, 0.29) is 0 Å². The van der Waals surface area contributed by atoms with E-state index in [4.69, 9.17) is 17.0 Å². The Morgan fingerprint density at radius 3 is 2.62 bits per heavy atom. The predicted molar refractivity (Wildman–Crippen MR) is 89.6 cm³/mol. The summed E-state index contributed by atoms with van der Waals surface area (Å²) in [5.41, 5.74) is 4.84. The molecule has 0 bridgehead atoms. The van der Waals surface area contributed by atoms with Gasteiger partial charge in [0.15, 0.2) is 5.11 Å². The number of thiocarbonyl (C=S) groups is 1. The zero-order valence-electron chi connectivity index (χ0n) is 11.7. The molecule has 0 aromatic heterocycles. The number of nitrogens with zero attached hydrogens (tertiary/aromatic N) is 1. The minimum Gasteiger partial charge on any atom is -0.496 e. The highest BCUT2D eigenvalue weighted by Gasteiger charge is 1.98. The molecule has 0 unspecified atom stereocenters. The van der Waals surface area contributed by atoms with E-state index in [1.54, 1.807) is 13.3 Å². The van der Waals surface area contributed by atoms with Crippen molar-refractivity contribution in [3.05, 3.63) is 65.7 Å². The number of hydrogen-bond donors (Lipinski definition) is 2. The van der Waals surface area contributed by atoms with Gasteiger partial charge in [-0.25, -0.2) is 0 Å². The van der Waals surface area contributed by atoms with Gasteiger partial charge in [-0.15, -0.1) is 0 Å². The first kappa shape index (κ1) is 15.0. The number of para-hydroxylation sites is 1. The van der Waals surface area contributed by atoms with Crippen molar-refractivity contribution in [2.75, 3.05) is 7.11 Å². The van der Waals surface area contributed by atoms with Gasteiger partial charge >= 0.3 is 0 Å². The summed E-state index contributed by atoms with van der Waals surface area (Å²) in [5, 5.41) is 7.67. The molecule has 0 atom stereocenters. The van der Waals surface area contributed by atoms with Crippen LogP contribution in [0.1, 0.15) is 11.1 Å². The highest BCUT2D eigenvalue weighted by Crippen LogP contribution is 2.14. The molecule has 0 aliphatic rings. The molecule has 2 rings (SSSR count). The van der Waals surface area contributed by atoms with Crippen molar-refractivity contribution in [2.45, 2.75) is 6.54 Å². The van der Waals surface area contributed by atoms with Crippen molar-refractivity contribution in [3.8, 4) is 5.75 Å². The first-order valence-corrected chi connectivity index (χ1v) is 6.94. The van der Waals surface area contributed by atoms with E-state index in [0.29, 0.717) is 11.7 Å². The molecule has 0 amide bonds. The minimum absolute atomic E-state index is 0.477. The second-order valence-electron chi connectivity index (χ2n) is 4.28. The van der Waals surface area contributed by atoms with Crippen LogP contribution in [-0.4, -0.2) is 18.4 Å². The fraction of sp³-hybridized carbons (Fsp3) is 0.125. The normalized spacial score (nSPS) is 10.3. The molecule has 0 spiro atoms. The maximum atomic E-state index is 5.24. The van der Waals surface area contributed by atoms with Crippen LogP contribution in [0.3, 0.4) is 0 Å². The lowest BCUT2D eigenvalue weighted by Crippen LogP contribution is -2.31. The summed E-state index contributed by atoms with van der Waals surface area (Å²) in [4.78, 5) is 0. The molecular weight excluding hydrogens is 282 g/mol. The van der Waals surface area contributed by atoms with E-state index < -0.39 is 0 Å². The van der Waals surface area contributed by atoms with Crippen LogP contribution in [-0.2, 0) is 6.54 Å². The molecular formula is C16H17N3OS. The van der Waals surface area contributed by atoms with Gasteiger partial charge in [0.1, 0.15) is 5.75 Å². The van der Waals surface area contributed by atoms with Gasteiger partial charge in [-0.2, -0.15) is 5.10 Å². The Balaban J connectivity index is 1.82. The number of rotatable bonds is 5. The number of hydrazone groups is 1. The topological polar surface area (TPSA) is 45.6 Å². The Hall–Kier alpha value is -2.40. The minimum atomic E-state index is 0.477. The monoisotopic (exact) mass is 299 g/mol. The lowest BCUT2D eigenvalue weighted by molar-refractivity contribution is 0.414. The maximum Gasteiger partial charge on any atom is 0.187 e. The molecule has 0 radical (unpaired) electrons. The number of benzene rings is 2. The van der Waals surface area contributed by atoms with Gasteiger partial charge in [-0.1, -0.05) is 42.5 Å². The van der Waals surface area contributed by atoms with Crippen LogP contribution >= 0.6 is 12.2 Å². The lowest BCUT2D eigenvalue weighted by Gasteiger charge is -2.07. The van der Waals surface area contributed by atoms with Crippen LogP contribution in [0.15, 0.2) is 59.7 Å². The van der Waals surface area contributed by atoms with Crippen LogP contribution in [0.25, 0.3) is 0 Å². The quantitative estimate of drug-likeness (QED) is 0.506. The van der Waals surface area contributed by atoms with E-state index in [0.717, 1.165) is 16.9 Å². The smallest absolute Gasteiger partial charge is 0.187 e. The van der Waals surface area contributed by atoms with Crippen LogP contribution < -0.4 is 15.5 Å². The fourth-order valence-corrected chi connectivity index (χ4v) is 1.88. The SMILES string of the molecule is COc1ccccc1/C=N\NC(=S)NCc1ccccc1. The summed E-state index contributed by atoms with van der Waals surface area (Å²) in [7, 11) is 1.63. The fourth-order valence-electron chi connectivity index (χ4n) is 1.75. The van der Waals surface area contributed by atoms with E-state index in [2.05, 4.69) is 15.8 Å². The molecule has 2 aromatic rings. The van der Waals surface area contributed by atoms with Crippen molar-refractivity contribution < 1.29 is 4.74 Å². The van der Waals surface area contributed by atoms with E-state index in [9.17, 15) is 0 Å². The zero-order valence-corrected chi connectivity index (χ0v) is 12.6. The van der Waals surface area contributed by atoms with Gasteiger partial charge < -0.3 is 10.1 Å². The van der Waals surface area contributed by atoms with Crippen LogP contribution in [0.2, 0.25) is 0 Å². The largest absolute Gasteiger partial charge is 0.496 e. The first-order valence-electron chi connectivity index (χ1n) is 6.53. The molecule has 0 fully saturated rings. The first-order chi connectivity index (χ1) is 10.3. The van der Waals surface area contributed by atoms with Gasteiger partial charge in [0.05, 0.1) is 13.3 Å². The van der Waals surface area contributed by atoms with Crippen molar-refractivity contribution in [3.63, 3.8) is 0 Å². The average molecular weight is 299 g/mol. The van der Waals surface area contributed by atoms with Crippen molar-refractivity contribution in [1.82, 2.24) is 10.7 Å². The summed E-state index contributed by atoms with van der Waals surface area (Å²) in [6.45, 7) is 0.664. The Morgan fingerprint density at radius 1 is 1.14 bits per heavy atom. The van der Waals surface area contributed by atoms with Crippen LogP contribution in [0, 0.1) is 0 Å². The maximum absolute atomic E-state index is 5.24. The molecule has 0 aliphatic heterocycles. The molecule has 0 saturated heterocycles. The third-order valence-corrected chi connectivity index (χ3v) is 3.04. The van der Waals surface area contributed by atoms with Gasteiger partial charge in [-0.3, -0.25) is 5.43 Å². The predicted octanol–water partition coefficient (Wildman–Crippen LogP) is 2.69. The Morgan fingerprint density at radius 2 is 1.86 bits per heavy atom. The molecule has 2 N–H and O–H groups in total. The van der Waals surface area contributed by atoms with E-state index in [1.807, 2.05) is 54.6 Å². The summed E-state index contributed by atoms with van der Waals surface area (Å²) in [5.74, 6) is 0.770. The van der Waals surface area contributed by atoms with Crippen LogP contribution in [0.4, 0.5) is 0 Å². The molecule has 21 heavy (non-hydrogen) atoms. The Kier molecular flexibility index (Phi) is 5.72. The molecule has 108 valence electrons. The molecule has 0 heterocycles. The Bertz CT molecular complexity index is 614. The zero-order chi connectivity index (χ0) is 14.9. The highest BCUT2D eigenvalue weighted by molar-refractivity contribution is 7.80. The van der Waals surface area contributed by atoms with Crippen molar-refractivity contribution >= 4 is 23.5 Å².